The standard InChI is InChI=1S/CCl2O2/c2-1(3,4)5. The van der Waals surface area contributed by atoms with Crippen molar-refractivity contribution in [1.82, 2.24) is 0 Å². The van der Waals surface area contributed by atoms with Gasteiger partial charge in [0.05, 0.1) is 0 Å². The summed E-state index contributed by atoms with van der Waals surface area (Å²) in [5, 5.41) is 18.2. The molecule has 0 rings (SSSR count). The summed E-state index contributed by atoms with van der Waals surface area (Å²) in [5.41, 5.74) is 0. The lowest BCUT2D eigenvalue weighted by Gasteiger charge is -1.87. The molecule has 0 fully saturated rings. The smallest absolute Gasteiger partial charge is 0.159 e. The Morgan fingerprint density at radius 3 is 1.20 bits per heavy atom. The molecule has 30 valence electrons. The van der Waals surface area contributed by atoms with Crippen LogP contribution in [0.4, 0.5) is 0 Å². The monoisotopic (exact) mass is 114 g/mol. The van der Waals surface area contributed by atoms with Crippen molar-refractivity contribution in [1.29, 1.82) is 0 Å². The van der Waals surface area contributed by atoms with Crippen LogP contribution >= 0.6 is 23.2 Å². The van der Waals surface area contributed by atoms with Crippen molar-refractivity contribution in [3.63, 3.8) is 0 Å². The van der Waals surface area contributed by atoms with Crippen molar-refractivity contribution in [2.75, 3.05) is 0 Å². The third-order valence-electron chi connectivity index (χ3n) is 0. The Kier molecular flexibility index (Phi) is 1.44. The Labute approximate surface area is 38.9 Å². The Morgan fingerprint density at radius 1 is 1.20 bits per heavy atom. The van der Waals surface area contributed by atoms with Crippen LogP contribution < -0.4 is 0 Å². The molecule has 0 spiro atoms. The summed E-state index contributed by atoms with van der Waals surface area (Å²) in [6.45, 7) is 0. The van der Waals surface area contributed by atoms with Crippen molar-refractivity contribution in [2.24, 2.45) is 0 Å². The lowest BCUT2D eigenvalue weighted by Crippen LogP contribution is -2.01. The summed E-state index contributed by atoms with van der Waals surface area (Å²) in [7, 11) is 0. The van der Waals surface area contributed by atoms with E-state index in [1.54, 1.807) is 0 Å². The fourth-order valence-corrected chi connectivity index (χ4v) is 0. The molecule has 5 heavy (non-hydrogen) atoms. The molecule has 0 saturated carbocycles. The van der Waals surface area contributed by atoms with Gasteiger partial charge in [0, 0.05) is 0 Å². The zero-order chi connectivity index (χ0) is 4.50. The summed E-state index contributed by atoms with van der Waals surface area (Å²) in [6.07, 6.45) is 0. The molecule has 0 N–H and O–H groups in total. The van der Waals surface area contributed by atoms with E-state index in [0.717, 1.165) is 0 Å². The highest BCUT2D eigenvalue weighted by Gasteiger charge is 2.16. The van der Waals surface area contributed by atoms with E-state index in [2.05, 4.69) is 23.2 Å². The largest absolute Gasteiger partial charge is 0.386 e. The van der Waals surface area contributed by atoms with Gasteiger partial charge in [-0.05, 0) is 23.2 Å². The number of rotatable bonds is 0. The van der Waals surface area contributed by atoms with E-state index < -0.39 is 4.71 Å². The molecule has 0 aliphatic carbocycles. The second-order valence-electron chi connectivity index (χ2n) is 0.463. The first kappa shape index (κ1) is 5.50. The molecular formula is CCl2O2. The maximum absolute atomic E-state index is 9.08. The first-order chi connectivity index (χ1) is 2.00. The van der Waals surface area contributed by atoms with Crippen LogP contribution in [0.25, 0.3) is 0 Å². The third kappa shape index (κ3) is 113. The molecular weight excluding hydrogens is 115 g/mol. The molecule has 4 heteroatoms. The van der Waals surface area contributed by atoms with E-state index in [-0.39, 0.29) is 0 Å². The summed E-state index contributed by atoms with van der Waals surface area (Å²) in [6, 6.07) is 0. The molecule has 0 aromatic carbocycles. The van der Waals surface area contributed by atoms with E-state index in [1.807, 2.05) is 0 Å². The van der Waals surface area contributed by atoms with Gasteiger partial charge < -0.3 is 0 Å². The van der Waals surface area contributed by atoms with Gasteiger partial charge in [-0.1, -0.05) is 0 Å². The number of halogens is 2. The molecule has 2 nitrogen and oxygen atoms in total. The number of alkyl halides is 2. The van der Waals surface area contributed by atoms with Gasteiger partial charge in [0.1, 0.15) is 0 Å². The molecule has 0 amide bonds. The molecule has 0 aliphatic rings. The van der Waals surface area contributed by atoms with Crippen LogP contribution in [0.3, 0.4) is 0 Å². The van der Waals surface area contributed by atoms with Crippen molar-refractivity contribution < 1.29 is 10.2 Å². The Bertz CT molecular complexity index is 23.1. The Morgan fingerprint density at radius 2 is 1.20 bits per heavy atom. The summed E-state index contributed by atoms with van der Waals surface area (Å²) >= 11 is 8.37. The van der Waals surface area contributed by atoms with Crippen LogP contribution in [0.2, 0.25) is 0 Å². The first-order valence-electron chi connectivity index (χ1n) is 0.786. The maximum Gasteiger partial charge on any atom is 0.386 e. The fourth-order valence-electron chi connectivity index (χ4n) is 0. The summed E-state index contributed by atoms with van der Waals surface area (Å²) in [5.74, 6) is 0. The van der Waals surface area contributed by atoms with Gasteiger partial charge in [0.15, 0.2) is 0 Å². The minimum Gasteiger partial charge on any atom is -0.159 e. The Balaban J connectivity index is 3.02. The van der Waals surface area contributed by atoms with Crippen molar-refractivity contribution in [3.8, 4) is 0 Å². The quantitative estimate of drug-likeness (QED) is 0.333. The van der Waals surface area contributed by atoms with E-state index >= 15 is 0 Å². The highest BCUT2D eigenvalue weighted by atomic mass is 35.5. The van der Waals surface area contributed by atoms with Crippen LogP contribution in [0.1, 0.15) is 0 Å². The Hall–Kier alpha value is 0.500. The molecule has 0 saturated heterocycles. The molecule has 0 unspecified atom stereocenters. The van der Waals surface area contributed by atoms with Crippen molar-refractivity contribution >= 4 is 23.2 Å². The van der Waals surface area contributed by atoms with Gasteiger partial charge in [-0.2, -0.15) is 10.2 Å². The van der Waals surface area contributed by atoms with Gasteiger partial charge in [-0.25, -0.2) is 0 Å². The minimum absolute atomic E-state index is 3.06. The lowest BCUT2D eigenvalue weighted by molar-refractivity contribution is -0.110. The van der Waals surface area contributed by atoms with Crippen molar-refractivity contribution in [3.05, 3.63) is 0 Å². The number of hydrogen-bond acceptors (Lipinski definition) is 0. The highest BCUT2D eigenvalue weighted by Crippen LogP contribution is 2.11. The van der Waals surface area contributed by atoms with E-state index in [1.165, 1.54) is 0 Å². The van der Waals surface area contributed by atoms with Gasteiger partial charge in [0.2, 0.25) is 0 Å². The average molecular weight is 115 g/mol. The maximum atomic E-state index is 9.08. The zero-order valence-corrected chi connectivity index (χ0v) is 3.58. The molecule has 2 radical (unpaired) electrons. The van der Waals surface area contributed by atoms with E-state index in [0.29, 0.717) is 0 Å². The normalized spacial score (nSPS) is 12.0. The zero-order valence-electron chi connectivity index (χ0n) is 2.07. The van der Waals surface area contributed by atoms with Crippen molar-refractivity contribution in [2.45, 2.75) is 4.71 Å². The summed E-state index contributed by atoms with van der Waals surface area (Å²) < 4.78 is -3.06. The van der Waals surface area contributed by atoms with Crippen LogP contribution in [-0.2, 0) is 10.2 Å². The number of hydrogen-bond donors (Lipinski definition) is 0. The molecule has 0 aromatic rings. The van der Waals surface area contributed by atoms with Gasteiger partial charge in [-0.15, -0.1) is 0 Å². The fraction of sp³-hybridized carbons (Fsp3) is 1.00. The van der Waals surface area contributed by atoms with Crippen LogP contribution in [0.15, 0.2) is 0 Å². The van der Waals surface area contributed by atoms with Crippen LogP contribution in [0, 0.1) is 0 Å². The predicted octanol–water partition coefficient (Wildman–Crippen LogP) is 0.936. The molecule has 0 atom stereocenters. The average Bonchev–Trinajstić information content (AvgIpc) is 0.722. The van der Waals surface area contributed by atoms with Gasteiger partial charge in [0.25, 0.3) is 0 Å². The van der Waals surface area contributed by atoms with E-state index in [9.17, 15) is 0 Å². The molecule has 0 heterocycles. The van der Waals surface area contributed by atoms with Crippen LogP contribution in [0.5, 0.6) is 0 Å². The highest BCUT2D eigenvalue weighted by molar-refractivity contribution is 6.45. The SMILES string of the molecule is [O]C([O])(Cl)Cl. The topological polar surface area (TPSA) is 39.8 Å². The second-order valence-corrected chi connectivity index (χ2v) is 1.65. The molecule has 0 aromatic heterocycles. The summed E-state index contributed by atoms with van der Waals surface area (Å²) in [4.78, 5) is 0. The first-order valence-corrected chi connectivity index (χ1v) is 1.54. The van der Waals surface area contributed by atoms with Crippen LogP contribution in [-0.4, -0.2) is 4.71 Å². The second kappa shape index (κ2) is 1.30. The predicted molar refractivity (Wildman–Crippen MR) is 15.8 cm³/mol. The minimum atomic E-state index is -3.06. The molecule has 0 bridgehead atoms. The molecule has 0 aliphatic heterocycles. The van der Waals surface area contributed by atoms with Gasteiger partial charge >= 0.3 is 4.71 Å². The lowest BCUT2D eigenvalue weighted by atomic mass is 11.5. The third-order valence-corrected chi connectivity index (χ3v) is 0. The van der Waals surface area contributed by atoms with E-state index in [4.69, 9.17) is 10.2 Å². The van der Waals surface area contributed by atoms with Gasteiger partial charge in [-0.3, -0.25) is 0 Å².